The van der Waals surface area contributed by atoms with Crippen LogP contribution >= 0.6 is 0 Å². The summed E-state index contributed by atoms with van der Waals surface area (Å²) < 4.78 is 5.47. The molecule has 1 aromatic rings. The van der Waals surface area contributed by atoms with E-state index < -0.39 is 11.6 Å². The molecule has 0 saturated carbocycles. The monoisotopic (exact) mass is 262 g/mol. The van der Waals surface area contributed by atoms with Crippen molar-refractivity contribution in [1.29, 1.82) is 0 Å². The van der Waals surface area contributed by atoms with Gasteiger partial charge in [0.25, 0.3) is 5.91 Å². The lowest BCUT2D eigenvalue weighted by molar-refractivity contribution is -0.136. The zero-order valence-corrected chi connectivity index (χ0v) is 11.8. The predicted molar refractivity (Wildman–Crippen MR) is 75.0 cm³/mol. The van der Waals surface area contributed by atoms with Crippen LogP contribution in [0.2, 0.25) is 0 Å². The summed E-state index contributed by atoms with van der Waals surface area (Å²) in [5.41, 5.74) is 1.89. The third-order valence-corrected chi connectivity index (χ3v) is 3.40. The molecule has 1 amide bonds. The van der Waals surface area contributed by atoms with E-state index in [-0.39, 0.29) is 5.91 Å². The van der Waals surface area contributed by atoms with Gasteiger partial charge in [0.15, 0.2) is 0 Å². The van der Waals surface area contributed by atoms with E-state index in [2.05, 4.69) is 29.7 Å². The molecule has 0 radical (unpaired) electrons. The van der Waals surface area contributed by atoms with Crippen LogP contribution in [0.4, 0.5) is 0 Å². The number of amides is 1. The highest BCUT2D eigenvalue weighted by molar-refractivity contribution is 5.82. The van der Waals surface area contributed by atoms with E-state index in [1.165, 1.54) is 5.56 Å². The lowest BCUT2D eigenvalue weighted by Gasteiger charge is -2.31. The van der Waals surface area contributed by atoms with Crippen molar-refractivity contribution in [3.8, 4) is 0 Å². The highest BCUT2D eigenvalue weighted by Crippen LogP contribution is 2.21. The van der Waals surface area contributed by atoms with Gasteiger partial charge in [0.2, 0.25) is 0 Å². The largest absolute Gasteiger partial charge is 0.366 e. The fourth-order valence-corrected chi connectivity index (χ4v) is 2.23. The second-order valence-corrected chi connectivity index (χ2v) is 5.55. The Balaban J connectivity index is 2.05. The maximum absolute atomic E-state index is 12.2. The number of aryl methyl sites for hydroxylation is 1. The molecular weight excluding hydrogens is 240 g/mol. The van der Waals surface area contributed by atoms with Gasteiger partial charge in [0, 0.05) is 13.1 Å². The maximum Gasteiger partial charge on any atom is 0.251 e. The van der Waals surface area contributed by atoms with Crippen LogP contribution in [0.5, 0.6) is 0 Å². The Bertz CT molecular complexity index is 451. The minimum Gasteiger partial charge on any atom is -0.366 e. The molecule has 1 aliphatic heterocycles. The third kappa shape index (κ3) is 3.55. The van der Waals surface area contributed by atoms with Gasteiger partial charge < -0.3 is 15.4 Å². The summed E-state index contributed by atoms with van der Waals surface area (Å²) in [5.74, 6) is -0.0568. The number of carbonyl (C=O) groups excluding carboxylic acids is 1. The first-order valence-corrected chi connectivity index (χ1v) is 6.70. The molecular formula is C15H22N2O2. The van der Waals surface area contributed by atoms with E-state index >= 15 is 0 Å². The molecule has 104 valence electrons. The Morgan fingerprint density at radius 2 is 2.26 bits per heavy atom. The van der Waals surface area contributed by atoms with E-state index in [4.69, 9.17) is 4.74 Å². The Hall–Kier alpha value is -1.39. The molecule has 2 rings (SSSR count). The summed E-state index contributed by atoms with van der Waals surface area (Å²) in [7, 11) is 0. The molecule has 1 unspecified atom stereocenters. The van der Waals surface area contributed by atoms with Crippen molar-refractivity contribution in [2.75, 3.05) is 19.7 Å². The summed E-state index contributed by atoms with van der Waals surface area (Å²) in [4.78, 5) is 12.2. The van der Waals surface area contributed by atoms with E-state index in [1.807, 2.05) is 26.0 Å². The van der Waals surface area contributed by atoms with Gasteiger partial charge in [-0.25, -0.2) is 0 Å². The minimum atomic E-state index is -0.399. The molecule has 19 heavy (non-hydrogen) atoms. The van der Waals surface area contributed by atoms with Crippen LogP contribution in [0.15, 0.2) is 24.3 Å². The second-order valence-electron chi connectivity index (χ2n) is 5.55. The van der Waals surface area contributed by atoms with Gasteiger partial charge in [-0.1, -0.05) is 29.8 Å². The topological polar surface area (TPSA) is 50.4 Å². The van der Waals surface area contributed by atoms with Gasteiger partial charge in [-0.2, -0.15) is 0 Å². The van der Waals surface area contributed by atoms with Crippen LogP contribution in [0.3, 0.4) is 0 Å². The van der Waals surface area contributed by atoms with Gasteiger partial charge >= 0.3 is 0 Å². The first-order chi connectivity index (χ1) is 8.99. The number of benzene rings is 1. The molecule has 0 aliphatic carbocycles. The average Bonchev–Trinajstić information content (AvgIpc) is 2.39. The zero-order chi connectivity index (χ0) is 13.9. The Labute approximate surface area is 114 Å². The maximum atomic E-state index is 12.2. The highest BCUT2D eigenvalue weighted by Gasteiger charge is 2.28. The number of hydrogen-bond acceptors (Lipinski definition) is 3. The van der Waals surface area contributed by atoms with Crippen molar-refractivity contribution >= 4 is 5.91 Å². The van der Waals surface area contributed by atoms with Crippen molar-refractivity contribution in [3.63, 3.8) is 0 Å². The fourth-order valence-electron chi connectivity index (χ4n) is 2.23. The fraction of sp³-hybridized carbons (Fsp3) is 0.533. The van der Waals surface area contributed by atoms with E-state index in [1.54, 1.807) is 0 Å². The molecule has 1 aromatic carbocycles. The Morgan fingerprint density at radius 3 is 2.89 bits per heavy atom. The standard InChI is InChI=1S/C15H22N2O2/c1-11-5-4-6-12(9-11)15(2,3)17-14(18)13-10-16-7-8-19-13/h4-6,9,13,16H,7-8,10H2,1-3H3,(H,17,18). The molecule has 1 saturated heterocycles. The van der Waals surface area contributed by atoms with Gasteiger partial charge in [-0.3, -0.25) is 4.79 Å². The number of ether oxygens (including phenoxy) is 1. The quantitative estimate of drug-likeness (QED) is 0.864. The van der Waals surface area contributed by atoms with Gasteiger partial charge in [0.05, 0.1) is 12.1 Å². The Morgan fingerprint density at radius 1 is 1.47 bits per heavy atom. The summed E-state index contributed by atoms with van der Waals surface area (Å²) in [6, 6.07) is 8.19. The number of nitrogens with one attached hydrogen (secondary N) is 2. The average molecular weight is 262 g/mol. The van der Waals surface area contributed by atoms with Crippen LogP contribution in [0, 0.1) is 6.92 Å². The molecule has 4 heteroatoms. The van der Waals surface area contributed by atoms with Crippen molar-refractivity contribution in [2.24, 2.45) is 0 Å². The van der Waals surface area contributed by atoms with E-state index in [0.29, 0.717) is 13.2 Å². The lowest BCUT2D eigenvalue weighted by atomic mass is 9.92. The second kappa shape index (κ2) is 5.72. The first kappa shape index (κ1) is 14.0. The summed E-state index contributed by atoms with van der Waals surface area (Å²) >= 11 is 0. The number of hydrogen-bond donors (Lipinski definition) is 2. The van der Waals surface area contributed by atoms with Crippen LogP contribution in [-0.2, 0) is 15.1 Å². The van der Waals surface area contributed by atoms with Crippen LogP contribution < -0.4 is 10.6 Å². The van der Waals surface area contributed by atoms with Gasteiger partial charge in [0.1, 0.15) is 6.10 Å². The molecule has 0 aromatic heterocycles. The van der Waals surface area contributed by atoms with E-state index in [0.717, 1.165) is 12.1 Å². The van der Waals surface area contributed by atoms with Crippen molar-refractivity contribution in [3.05, 3.63) is 35.4 Å². The number of morpholine rings is 1. The molecule has 1 aliphatic rings. The third-order valence-electron chi connectivity index (χ3n) is 3.40. The normalized spacial score (nSPS) is 20.1. The molecule has 0 bridgehead atoms. The number of rotatable bonds is 3. The van der Waals surface area contributed by atoms with Crippen LogP contribution in [0.25, 0.3) is 0 Å². The summed E-state index contributed by atoms with van der Waals surface area (Å²) in [6.07, 6.45) is -0.391. The molecule has 1 heterocycles. The molecule has 1 fully saturated rings. The number of carbonyl (C=O) groups is 1. The van der Waals surface area contributed by atoms with Crippen molar-refractivity contribution in [1.82, 2.24) is 10.6 Å². The molecule has 4 nitrogen and oxygen atoms in total. The molecule has 0 spiro atoms. The van der Waals surface area contributed by atoms with E-state index in [9.17, 15) is 4.79 Å². The smallest absolute Gasteiger partial charge is 0.251 e. The predicted octanol–water partition coefficient (Wildman–Crippen LogP) is 1.33. The van der Waals surface area contributed by atoms with Crippen molar-refractivity contribution in [2.45, 2.75) is 32.4 Å². The molecule has 2 N–H and O–H groups in total. The minimum absolute atomic E-state index is 0.0568. The van der Waals surface area contributed by atoms with Gasteiger partial charge in [-0.05, 0) is 26.3 Å². The van der Waals surface area contributed by atoms with Gasteiger partial charge in [-0.15, -0.1) is 0 Å². The Kier molecular flexibility index (Phi) is 4.22. The SMILES string of the molecule is Cc1cccc(C(C)(C)NC(=O)C2CNCCO2)c1. The van der Waals surface area contributed by atoms with Crippen LogP contribution in [-0.4, -0.2) is 31.7 Å². The zero-order valence-electron chi connectivity index (χ0n) is 11.8. The van der Waals surface area contributed by atoms with Crippen LogP contribution in [0.1, 0.15) is 25.0 Å². The first-order valence-electron chi connectivity index (χ1n) is 6.70. The summed E-state index contributed by atoms with van der Waals surface area (Å²) in [5, 5.41) is 6.23. The summed E-state index contributed by atoms with van der Waals surface area (Å²) in [6.45, 7) is 8.05. The van der Waals surface area contributed by atoms with Crippen molar-refractivity contribution < 1.29 is 9.53 Å². The lowest BCUT2D eigenvalue weighted by Crippen LogP contribution is -2.52. The molecule has 1 atom stereocenters. The highest BCUT2D eigenvalue weighted by atomic mass is 16.5.